The molecule has 0 N–H and O–H groups in total. The normalized spacial score (nSPS) is 21.6. The van der Waals surface area contributed by atoms with Gasteiger partial charge in [0.2, 0.25) is 6.79 Å². The standard InChI is InChI=1S/C18H17NO5/c1-21-13-6-4-12(5-7-13)19-16(17(22-2)18(19)20)11-3-8-14-15(9-11)24-10-23-14/h3-9,16-17H,10H2,1-2H3/t16-,17+/m0/s1. The third-order valence-electron chi connectivity index (χ3n) is 4.39. The molecule has 2 aliphatic heterocycles. The number of benzene rings is 2. The first-order valence-corrected chi connectivity index (χ1v) is 7.62. The van der Waals surface area contributed by atoms with Crippen LogP contribution in [-0.2, 0) is 9.53 Å². The van der Waals surface area contributed by atoms with E-state index in [-0.39, 0.29) is 18.7 Å². The molecule has 6 heteroatoms. The van der Waals surface area contributed by atoms with Gasteiger partial charge in [-0.3, -0.25) is 9.69 Å². The van der Waals surface area contributed by atoms with Crippen molar-refractivity contribution in [2.75, 3.05) is 25.9 Å². The summed E-state index contributed by atoms with van der Waals surface area (Å²) in [5, 5.41) is 0. The molecule has 4 rings (SSSR count). The Morgan fingerprint density at radius 1 is 1.04 bits per heavy atom. The summed E-state index contributed by atoms with van der Waals surface area (Å²) >= 11 is 0. The van der Waals surface area contributed by atoms with Crippen LogP contribution in [0.2, 0.25) is 0 Å². The second kappa shape index (κ2) is 5.72. The van der Waals surface area contributed by atoms with Crippen LogP contribution in [-0.4, -0.2) is 33.0 Å². The van der Waals surface area contributed by atoms with E-state index < -0.39 is 6.10 Å². The predicted octanol–water partition coefficient (Wildman–Crippen LogP) is 2.53. The van der Waals surface area contributed by atoms with Gasteiger partial charge in [-0.25, -0.2) is 0 Å². The smallest absolute Gasteiger partial charge is 0.259 e. The first-order valence-electron chi connectivity index (χ1n) is 7.62. The lowest BCUT2D eigenvalue weighted by Gasteiger charge is -2.46. The predicted molar refractivity (Wildman–Crippen MR) is 86.6 cm³/mol. The Balaban J connectivity index is 1.69. The molecule has 2 aliphatic rings. The summed E-state index contributed by atoms with van der Waals surface area (Å²) in [4.78, 5) is 14.2. The summed E-state index contributed by atoms with van der Waals surface area (Å²) in [6, 6.07) is 12.9. The number of β-lactam (4-membered cyclic amide) rings is 1. The van der Waals surface area contributed by atoms with Crippen LogP contribution in [0.15, 0.2) is 42.5 Å². The fraction of sp³-hybridized carbons (Fsp3) is 0.278. The number of amides is 1. The maximum absolute atomic E-state index is 12.5. The molecule has 1 fully saturated rings. The van der Waals surface area contributed by atoms with Crippen molar-refractivity contribution in [1.29, 1.82) is 0 Å². The first-order chi connectivity index (χ1) is 11.7. The van der Waals surface area contributed by atoms with Crippen molar-refractivity contribution in [3.8, 4) is 17.2 Å². The minimum atomic E-state index is -0.507. The van der Waals surface area contributed by atoms with E-state index in [2.05, 4.69) is 0 Å². The molecule has 0 aliphatic carbocycles. The van der Waals surface area contributed by atoms with E-state index in [0.717, 1.165) is 22.7 Å². The van der Waals surface area contributed by atoms with Gasteiger partial charge in [-0.2, -0.15) is 0 Å². The number of nitrogens with zero attached hydrogens (tertiary/aromatic N) is 1. The van der Waals surface area contributed by atoms with Gasteiger partial charge in [-0.05, 0) is 42.0 Å². The van der Waals surface area contributed by atoms with E-state index in [9.17, 15) is 4.79 Å². The molecule has 2 atom stereocenters. The van der Waals surface area contributed by atoms with E-state index in [4.69, 9.17) is 18.9 Å². The highest BCUT2D eigenvalue weighted by Gasteiger charge is 2.49. The summed E-state index contributed by atoms with van der Waals surface area (Å²) in [6.45, 7) is 0.221. The topological polar surface area (TPSA) is 57.2 Å². The van der Waals surface area contributed by atoms with Crippen molar-refractivity contribution < 1.29 is 23.7 Å². The average Bonchev–Trinajstić information content (AvgIpc) is 3.08. The quantitative estimate of drug-likeness (QED) is 0.808. The van der Waals surface area contributed by atoms with Crippen molar-refractivity contribution in [2.45, 2.75) is 12.1 Å². The molecule has 0 saturated carbocycles. The van der Waals surface area contributed by atoms with Crippen molar-refractivity contribution in [3.05, 3.63) is 48.0 Å². The van der Waals surface area contributed by atoms with Gasteiger partial charge < -0.3 is 18.9 Å². The summed E-state index contributed by atoms with van der Waals surface area (Å²) < 4.78 is 21.4. The fourth-order valence-electron chi connectivity index (χ4n) is 3.14. The number of fused-ring (bicyclic) bond motifs is 1. The summed E-state index contributed by atoms with van der Waals surface area (Å²) in [6.07, 6.45) is -0.507. The number of ether oxygens (including phenoxy) is 4. The van der Waals surface area contributed by atoms with E-state index in [1.165, 1.54) is 0 Å². The highest BCUT2D eigenvalue weighted by molar-refractivity contribution is 6.05. The molecule has 1 amide bonds. The number of carbonyl (C=O) groups excluding carboxylic acids is 1. The minimum Gasteiger partial charge on any atom is -0.497 e. The summed E-state index contributed by atoms with van der Waals surface area (Å²) in [7, 11) is 3.16. The summed E-state index contributed by atoms with van der Waals surface area (Å²) in [5.74, 6) is 2.09. The zero-order valence-corrected chi connectivity index (χ0v) is 13.4. The molecule has 0 radical (unpaired) electrons. The van der Waals surface area contributed by atoms with E-state index in [0.29, 0.717) is 5.75 Å². The molecule has 2 aromatic rings. The molecule has 0 unspecified atom stereocenters. The Labute approximate surface area is 139 Å². The van der Waals surface area contributed by atoms with Crippen LogP contribution in [0.4, 0.5) is 5.69 Å². The van der Waals surface area contributed by atoms with E-state index in [1.807, 2.05) is 42.5 Å². The zero-order chi connectivity index (χ0) is 16.7. The molecule has 2 aromatic carbocycles. The largest absolute Gasteiger partial charge is 0.497 e. The van der Waals surface area contributed by atoms with Gasteiger partial charge in [-0.15, -0.1) is 0 Å². The van der Waals surface area contributed by atoms with Crippen LogP contribution in [0.5, 0.6) is 17.2 Å². The van der Waals surface area contributed by atoms with Crippen molar-refractivity contribution >= 4 is 11.6 Å². The molecule has 1 saturated heterocycles. The van der Waals surface area contributed by atoms with Gasteiger partial charge >= 0.3 is 0 Å². The van der Waals surface area contributed by atoms with Crippen LogP contribution in [0.25, 0.3) is 0 Å². The van der Waals surface area contributed by atoms with Gasteiger partial charge in [0, 0.05) is 12.8 Å². The van der Waals surface area contributed by atoms with Crippen LogP contribution >= 0.6 is 0 Å². The van der Waals surface area contributed by atoms with Gasteiger partial charge in [-0.1, -0.05) is 6.07 Å². The molecule has 0 bridgehead atoms. The van der Waals surface area contributed by atoms with Crippen molar-refractivity contribution in [2.24, 2.45) is 0 Å². The molecular weight excluding hydrogens is 310 g/mol. The monoisotopic (exact) mass is 327 g/mol. The molecule has 6 nitrogen and oxygen atoms in total. The number of hydrogen-bond donors (Lipinski definition) is 0. The second-order valence-corrected chi connectivity index (χ2v) is 5.62. The molecule has 0 spiro atoms. The van der Waals surface area contributed by atoms with Crippen LogP contribution in [0.1, 0.15) is 11.6 Å². The first kappa shape index (κ1) is 14.8. The van der Waals surface area contributed by atoms with Crippen molar-refractivity contribution in [1.82, 2.24) is 0 Å². The average molecular weight is 327 g/mol. The van der Waals surface area contributed by atoms with Gasteiger partial charge in [0.25, 0.3) is 5.91 Å². The lowest BCUT2D eigenvalue weighted by Crippen LogP contribution is -2.59. The maximum atomic E-state index is 12.5. The van der Waals surface area contributed by atoms with E-state index in [1.54, 1.807) is 19.1 Å². The Morgan fingerprint density at radius 2 is 1.79 bits per heavy atom. The second-order valence-electron chi connectivity index (χ2n) is 5.62. The van der Waals surface area contributed by atoms with Crippen molar-refractivity contribution in [3.63, 3.8) is 0 Å². The molecule has 24 heavy (non-hydrogen) atoms. The Hall–Kier alpha value is -2.73. The van der Waals surface area contributed by atoms with Gasteiger partial charge in [0.1, 0.15) is 5.75 Å². The van der Waals surface area contributed by atoms with Crippen LogP contribution in [0.3, 0.4) is 0 Å². The zero-order valence-electron chi connectivity index (χ0n) is 13.4. The summed E-state index contributed by atoms with van der Waals surface area (Å²) in [5.41, 5.74) is 1.75. The third-order valence-corrected chi connectivity index (χ3v) is 4.39. The highest BCUT2D eigenvalue weighted by Crippen LogP contribution is 2.44. The minimum absolute atomic E-state index is 0.0645. The lowest BCUT2D eigenvalue weighted by molar-refractivity contribution is -0.139. The van der Waals surface area contributed by atoms with Gasteiger partial charge in [0.05, 0.1) is 13.2 Å². The molecule has 124 valence electrons. The Bertz CT molecular complexity index is 773. The van der Waals surface area contributed by atoms with Crippen LogP contribution < -0.4 is 19.1 Å². The lowest BCUT2D eigenvalue weighted by atomic mass is 9.89. The van der Waals surface area contributed by atoms with E-state index >= 15 is 0 Å². The maximum Gasteiger partial charge on any atom is 0.259 e. The Morgan fingerprint density at radius 3 is 2.50 bits per heavy atom. The number of hydrogen-bond acceptors (Lipinski definition) is 5. The third kappa shape index (κ3) is 2.18. The fourth-order valence-corrected chi connectivity index (χ4v) is 3.14. The number of anilines is 1. The number of carbonyl (C=O) groups is 1. The van der Waals surface area contributed by atoms with Gasteiger partial charge in [0.15, 0.2) is 17.6 Å². The number of rotatable bonds is 4. The molecular formula is C18H17NO5. The highest BCUT2D eigenvalue weighted by atomic mass is 16.7. The molecule has 2 heterocycles. The van der Waals surface area contributed by atoms with Crippen LogP contribution in [0, 0.1) is 0 Å². The number of methoxy groups -OCH3 is 2. The SMILES string of the molecule is COc1ccc(N2C(=O)[C@H](OC)[C@@H]2c2ccc3c(c2)OCO3)cc1. The Kier molecular flexibility index (Phi) is 3.54. The molecule has 0 aromatic heterocycles.